The minimum atomic E-state index is -0.440. The molecule has 0 amide bonds. The Hall–Kier alpha value is -3.23. The lowest BCUT2D eigenvalue weighted by molar-refractivity contribution is -0.386. The topological polar surface area (TPSA) is 109 Å². The molecule has 3 rings (SSSR count). The van der Waals surface area contributed by atoms with E-state index in [9.17, 15) is 10.1 Å². The lowest BCUT2D eigenvalue weighted by atomic mass is 10.2. The van der Waals surface area contributed by atoms with E-state index in [2.05, 4.69) is 15.2 Å². The van der Waals surface area contributed by atoms with Gasteiger partial charge in [-0.3, -0.25) is 14.8 Å². The molecule has 2 aromatic heterocycles. The molecule has 3 aromatic rings. The van der Waals surface area contributed by atoms with Gasteiger partial charge in [0.25, 0.3) is 0 Å². The standard InChI is InChI=1S/C15H15N5O4/c1-9-14(20(21)22)10(2)19(17-9)8-13-16-15(18-24-13)11-4-6-12(23-3)7-5-11/h4-7H,8H2,1-3H3. The monoisotopic (exact) mass is 329 g/mol. The highest BCUT2D eigenvalue weighted by Gasteiger charge is 2.22. The molecule has 0 atom stereocenters. The van der Waals surface area contributed by atoms with Gasteiger partial charge in [-0.15, -0.1) is 0 Å². The van der Waals surface area contributed by atoms with Crippen molar-refractivity contribution in [3.8, 4) is 17.1 Å². The second-order valence-corrected chi connectivity index (χ2v) is 5.17. The zero-order valence-electron chi connectivity index (χ0n) is 13.4. The van der Waals surface area contributed by atoms with Crippen LogP contribution < -0.4 is 4.74 Å². The van der Waals surface area contributed by atoms with Gasteiger partial charge in [0.2, 0.25) is 11.7 Å². The first-order chi connectivity index (χ1) is 11.5. The second-order valence-electron chi connectivity index (χ2n) is 5.17. The van der Waals surface area contributed by atoms with Crippen LogP contribution in [0.5, 0.6) is 5.75 Å². The van der Waals surface area contributed by atoms with Gasteiger partial charge < -0.3 is 9.26 Å². The molecule has 124 valence electrons. The van der Waals surface area contributed by atoms with Crippen molar-refractivity contribution >= 4 is 5.69 Å². The quantitative estimate of drug-likeness (QED) is 0.522. The van der Waals surface area contributed by atoms with Crippen molar-refractivity contribution in [2.75, 3.05) is 7.11 Å². The summed E-state index contributed by atoms with van der Waals surface area (Å²) >= 11 is 0. The number of hydrogen-bond acceptors (Lipinski definition) is 7. The van der Waals surface area contributed by atoms with E-state index in [-0.39, 0.29) is 12.2 Å². The van der Waals surface area contributed by atoms with Crippen LogP contribution in [0.15, 0.2) is 28.8 Å². The van der Waals surface area contributed by atoms with Gasteiger partial charge in [-0.05, 0) is 38.1 Å². The Morgan fingerprint density at radius 3 is 2.58 bits per heavy atom. The predicted octanol–water partition coefficient (Wildman–Crippen LogP) is 2.52. The SMILES string of the molecule is COc1ccc(-c2noc(Cn3nc(C)c([N+](=O)[O-])c3C)n2)cc1. The number of nitrogens with zero attached hydrogens (tertiary/aromatic N) is 5. The number of aryl methyl sites for hydroxylation is 1. The van der Waals surface area contributed by atoms with E-state index in [0.717, 1.165) is 11.3 Å². The zero-order valence-corrected chi connectivity index (χ0v) is 13.4. The van der Waals surface area contributed by atoms with Gasteiger partial charge >= 0.3 is 5.69 Å². The first-order valence-electron chi connectivity index (χ1n) is 7.15. The molecule has 0 aliphatic rings. The van der Waals surface area contributed by atoms with Crippen molar-refractivity contribution in [1.82, 2.24) is 19.9 Å². The van der Waals surface area contributed by atoms with Crippen LogP contribution in [0.25, 0.3) is 11.4 Å². The maximum atomic E-state index is 11.0. The number of benzene rings is 1. The molecule has 0 unspecified atom stereocenters. The van der Waals surface area contributed by atoms with Crippen LogP contribution in [0.2, 0.25) is 0 Å². The Labute approximate surface area is 137 Å². The summed E-state index contributed by atoms with van der Waals surface area (Å²) in [5.41, 5.74) is 1.59. The van der Waals surface area contributed by atoms with Crippen LogP contribution in [0.4, 0.5) is 5.69 Å². The summed E-state index contributed by atoms with van der Waals surface area (Å²) in [5.74, 6) is 1.49. The Morgan fingerprint density at radius 1 is 1.29 bits per heavy atom. The first kappa shape index (κ1) is 15.7. The third-order valence-corrected chi connectivity index (χ3v) is 3.63. The van der Waals surface area contributed by atoms with Crippen molar-refractivity contribution in [2.45, 2.75) is 20.4 Å². The minimum Gasteiger partial charge on any atom is -0.497 e. The number of methoxy groups -OCH3 is 1. The fraction of sp³-hybridized carbons (Fsp3) is 0.267. The zero-order chi connectivity index (χ0) is 17.3. The molecule has 9 nitrogen and oxygen atoms in total. The minimum absolute atomic E-state index is 0.00453. The summed E-state index contributed by atoms with van der Waals surface area (Å²) in [4.78, 5) is 14.9. The maximum Gasteiger partial charge on any atom is 0.312 e. The summed E-state index contributed by atoms with van der Waals surface area (Å²) in [7, 11) is 1.59. The van der Waals surface area contributed by atoms with E-state index in [1.807, 2.05) is 12.1 Å². The molecule has 9 heteroatoms. The third kappa shape index (κ3) is 2.83. The van der Waals surface area contributed by atoms with E-state index in [4.69, 9.17) is 9.26 Å². The van der Waals surface area contributed by atoms with Gasteiger partial charge in [-0.25, -0.2) is 0 Å². The van der Waals surface area contributed by atoms with Crippen LogP contribution in [0, 0.1) is 24.0 Å². The molecule has 0 aliphatic heterocycles. The van der Waals surface area contributed by atoms with Crippen LogP contribution in [0.3, 0.4) is 0 Å². The van der Waals surface area contributed by atoms with Gasteiger partial charge in [0.1, 0.15) is 23.7 Å². The van der Waals surface area contributed by atoms with Crippen molar-refractivity contribution in [1.29, 1.82) is 0 Å². The lowest BCUT2D eigenvalue weighted by Gasteiger charge is -1.99. The number of ether oxygens (including phenoxy) is 1. The Balaban J connectivity index is 1.84. The Morgan fingerprint density at radius 2 is 2.00 bits per heavy atom. The largest absolute Gasteiger partial charge is 0.497 e. The second kappa shape index (κ2) is 6.11. The van der Waals surface area contributed by atoms with Gasteiger partial charge in [0.05, 0.1) is 12.0 Å². The highest BCUT2D eigenvalue weighted by molar-refractivity contribution is 5.55. The fourth-order valence-corrected chi connectivity index (χ4v) is 2.41. The molecule has 0 aliphatic carbocycles. The third-order valence-electron chi connectivity index (χ3n) is 3.63. The molecule has 0 radical (unpaired) electrons. The summed E-state index contributed by atoms with van der Waals surface area (Å²) in [5, 5.41) is 19.1. The number of hydrogen-bond donors (Lipinski definition) is 0. The smallest absolute Gasteiger partial charge is 0.312 e. The number of aromatic nitrogens is 4. The molecular weight excluding hydrogens is 314 g/mol. The van der Waals surface area contributed by atoms with Crippen LogP contribution in [-0.2, 0) is 6.54 Å². The van der Waals surface area contributed by atoms with Crippen molar-refractivity contribution in [2.24, 2.45) is 0 Å². The highest BCUT2D eigenvalue weighted by Crippen LogP contribution is 2.23. The molecule has 0 N–H and O–H groups in total. The normalized spacial score (nSPS) is 10.8. The van der Waals surface area contributed by atoms with Gasteiger partial charge in [0, 0.05) is 5.56 Å². The van der Waals surface area contributed by atoms with E-state index >= 15 is 0 Å². The molecule has 0 saturated carbocycles. The van der Waals surface area contributed by atoms with Crippen molar-refractivity contribution in [3.63, 3.8) is 0 Å². The molecule has 0 spiro atoms. The van der Waals surface area contributed by atoms with Gasteiger partial charge in [-0.2, -0.15) is 10.1 Å². The van der Waals surface area contributed by atoms with Crippen LogP contribution in [0.1, 0.15) is 17.3 Å². The lowest BCUT2D eigenvalue weighted by Crippen LogP contribution is -2.04. The van der Waals surface area contributed by atoms with E-state index in [1.165, 1.54) is 4.68 Å². The summed E-state index contributed by atoms with van der Waals surface area (Å²) < 4.78 is 11.8. The Bertz CT molecular complexity index is 882. The summed E-state index contributed by atoms with van der Waals surface area (Å²) in [6.07, 6.45) is 0. The number of rotatable bonds is 5. The molecular formula is C15H15N5O4. The fourth-order valence-electron chi connectivity index (χ4n) is 2.41. The van der Waals surface area contributed by atoms with Gasteiger partial charge in [0.15, 0.2) is 0 Å². The van der Waals surface area contributed by atoms with Crippen molar-refractivity contribution < 1.29 is 14.2 Å². The average molecular weight is 329 g/mol. The first-order valence-corrected chi connectivity index (χ1v) is 7.15. The molecule has 2 heterocycles. The highest BCUT2D eigenvalue weighted by atomic mass is 16.6. The van der Waals surface area contributed by atoms with E-state index in [0.29, 0.717) is 23.1 Å². The molecule has 0 fully saturated rings. The summed E-state index contributed by atoms with van der Waals surface area (Å²) in [6.45, 7) is 3.40. The van der Waals surface area contributed by atoms with Crippen LogP contribution >= 0.6 is 0 Å². The average Bonchev–Trinajstić information content (AvgIpc) is 3.13. The maximum absolute atomic E-state index is 11.0. The molecule has 24 heavy (non-hydrogen) atoms. The predicted molar refractivity (Wildman–Crippen MR) is 83.7 cm³/mol. The van der Waals surface area contributed by atoms with Crippen LogP contribution in [-0.4, -0.2) is 32.0 Å². The molecule has 0 bridgehead atoms. The number of nitro groups is 1. The summed E-state index contributed by atoms with van der Waals surface area (Å²) in [6, 6.07) is 7.24. The van der Waals surface area contributed by atoms with E-state index < -0.39 is 4.92 Å². The van der Waals surface area contributed by atoms with Crippen molar-refractivity contribution in [3.05, 3.63) is 51.7 Å². The van der Waals surface area contributed by atoms with E-state index in [1.54, 1.807) is 33.1 Å². The molecule has 1 aromatic carbocycles. The molecule has 0 saturated heterocycles. The van der Waals surface area contributed by atoms with Gasteiger partial charge in [-0.1, -0.05) is 5.16 Å². The Kier molecular flexibility index (Phi) is 3.98.